The maximum absolute atomic E-state index is 8.67. The minimum absolute atomic E-state index is 0. The van der Waals surface area contributed by atoms with Crippen LogP contribution in [-0.2, 0) is 25.9 Å². The second-order valence-corrected chi connectivity index (χ2v) is 0.518. The summed E-state index contributed by atoms with van der Waals surface area (Å²) in [6, 6.07) is 0. The van der Waals surface area contributed by atoms with Crippen molar-refractivity contribution in [3.8, 4) is 0 Å². The summed E-state index contributed by atoms with van der Waals surface area (Å²) in [5.74, 6) is 0. The van der Waals surface area contributed by atoms with Gasteiger partial charge in [0.15, 0.2) is 0 Å². The van der Waals surface area contributed by atoms with Gasteiger partial charge < -0.3 is 4.79 Å². The van der Waals surface area contributed by atoms with Gasteiger partial charge in [-0.25, -0.2) is 0 Å². The first-order valence-electron chi connectivity index (χ1n) is 0.393. The Kier molecular flexibility index (Phi) is 19.9. The van der Waals surface area contributed by atoms with E-state index >= 15 is 0 Å². The number of hydrogen-bond acceptors (Lipinski definition) is 1. The SMILES string of the molecule is O=[C-]I.[W]. The van der Waals surface area contributed by atoms with Gasteiger partial charge in [0, 0.05) is 21.1 Å². The van der Waals surface area contributed by atoms with Crippen molar-refractivity contribution in [1.82, 2.24) is 0 Å². The first kappa shape index (κ1) is 8.92. The summed E-state index contributed by atoms with van der Waals surface area (Å²) in [7, 11) is 0. The molecule has 0 aliphatic rings. The molecule has 0 fully saturated rings. The molecule has 0 unspecified atom stereocenters. The molecule has 0 saturated heterocycles. The monoisotopic (exact) mass is 339 g/mol. The molecule has 0 N–H and O–H groups in total. The molecule has 24 valence electrons. The third-order valence-corrected chi connectivity index (χ3v) is 0. The molecular weight excluding hydrogens is 339 g/mol. The Morgan fingerprint density at radius 1 is 1.75 bits per heavy atom. The fraction of sp³-hybridized carbons (Fsp3) is 0. The summed E-state index contributed by atoms with van der Waals surface area (Å²) < 4.78 is 1.47. The second-order valence-electron chi connectivity index (χ2n) is 0.0772. The van der Waals surface area contributed by atoms with Crippen LogP contribution in [-0.4, -0.2) is 4.29 Å². The molecule has 4 heavy (non-hydrogen) atoms. The quantitative estimate of drug-likeness (QED) is 0.357. The molecule has 0 aliphatic heterocycles. The van der Waals surface area contributed by atoms with Gasteiger partial charge in [-0.05, 0) is 0 Å². The average Bonchev–Trinajstić information content (AvgIpc) is 0.918. The van der Waals surface area contributed by atoms with Crippen LogP contribution in [0.15, 0.2) is 0 Å². The van der Waals surface area contributed by atoms with Gasteiger partial charge in [-0.15, -0.1) is 0 Å². The average molecular weight is 339 g/mol. The van der Waals surface area contributed by atoms with Gasteiger partial charge in [0.25, 0.3) is 0 Å². The fourth-order valence-corrected chi connectivity index (χ4v) is 0. The Hall–Kier alpha value is 1.09. The molecule has 0 heterocycles. The zero-order chi connectivity index (χ0) is 2.71. The predicted octanol–water partition coefficient (Wildman–Crippen LogP) is 0.486. The molecule has 0 radical (unpaired) electrons. The predicted molar refractivity (Wildman–Crippen MR) is 19.7 cm³/mol. The van der Waals surface area contributed by atoms with Crippen molar-refractivity contribution in [3.63, 3.8) is 0 Å². The van der Waals surface area contributed by atoms with Gasteiger partial charge in [-0.3, -0.25) is 22.6 Å². The van der Waals surface area contributed by atoms with E-state index in [9.17, 15) is 0 Å². The van der Waals surface area contributed by atoms with Crippen LogP contribution in [0.3, 0.4) is 0 Å². The normalized spacial score (nSPS) is 3.25. The number of halogens is 1. The van der Waals surface area contributed by atoms with Gasteiger partial charge >= 0.3 is 0 Å². The van der Waals surface area contributed by atoms with E-state index < -0.39 is 0 Å². The first-order chi connectivity index (χ1) is 1.41. The molecule has 0 aromatic heterocycles. The maximum Gasteiger partial charge on any atom is 0 e. The van der Waals surface area contributed by atoms with Crippen LogP contribution in [0, 0.1) is 0 Å². The molecule has 0 amide bonds. The first-order valence-corrected chi connectivity index (χ1v) is 1.47. The van der Waals surface area contributed by atoms with Crippen molar-refractivity contribution in [3.05, 3.63) is 0 Å². The Labute approximate surface area is 52.6 Å². The molecule has 1 nitrogen and oxygen atoms in total. The largest absolute Gasteiger partial charge is 0.531 e. The summed E-state index contributed by atoms with van der Waals surface area (Å²) in [5, 5.41) is 0. The van der Waals surface area contributed by atoms with Gasteiger partial charge in [0.2, 0.25) is 0 Å². The minimum Gasteiger partial charge on any atom is -0.531 e. The van der Waals surface area contributed by atoms with Crippen LogP contribution in [0.1, 0.15) is 0 Å². The Bertz CT molecular complexity index is 15.5. The minimum atomic E-state index is 0. The molecular formula is CIOW-. The van der Waals surface area contributed by atoms with Crippen LogP contribution in [0.2, 0.25) is 0 Å². The number of hydrogen-bond donors (Lipinski definition) is 0. The molecule has 0 aliphatic carbocycles. The Morgan fingerprint density at radius 2 is 1.75 bits per heavy atom. The van der Waals surface area contributed by atoms with Gasteiger partial charge in [0.1, 0.15) is 0 Å². The molecule has 3 heteroatoms. The van der Waals surface area contributed by atoms with Crippen molar-refractivity contribution < 1.29 is 25.9 Å². The van der Waals surface area contributed by atoms with E-state index in [2.05, 4.69) is 0 Å². The molecule has 0 saturated carbocycles. The smallest absolute Gasteiger partial charge is 0 e. The van der Waals surface area contributed by atoms with Crippen molar-refractivity contribution in [2.24, 2.45) is 0 Å². The van der Waals surface area contributed by atoms with Crippen molar-refractivity contribution in [1.29, 1.82) is 0 Å². The van der Waals surface area contributed by atoms with Crippen LogP contribution in [0.25, 0.3) is 0 Å². The summed E-state index contributed by atoms with van der Waals surface area (Å²) in [4.78, 5) is 8.67. The summed E-state index contributed by atoms with van der Waals surface area (Å²) in [6.07, 6.45) is 0. The number of carbonyl (C=O) groups excluding carboxylic acids is 1. The van der Waals surface area contributed by atoms with Crippen molar-refractivity contribution >= 4 is 26.9 Å². The summed E-state index contributed by atoms with van der Waals surface area (Å²) in [5.41, 5.74) is 0. The molecule has 0 spiro atoms. The summed E-state index contributed by atoms with van der Waals surface area (Å²) in [6.45, 7) is 0. The molecule has 0 aromatic rings. The molecule has 0 rings (SSSR count). The molecule has 0 atom stereocenters. The van der Waals surface area contributed by atoms with E-state index in [1.807, 2.05) is 0 Å². The van der Waals surface area contributed by atoms with Crippen LogP contribution in [0.4, 0.5) is 0 Å². The van der Waals surface area contributed by atoms with E-state index in [1.54, 1.807) is 0 Å². The Morgan fingerprint density at radius 3 is 1.75 bits per heavy atom. The zero-order valence-corrected chi connectivity index (χ0v) is 6.79. The maximum atomic E-state index is 8.67. The van der Waals surface area contributed by atoms with Gasteiger partial charge in [-0.2, -0.15) is 4.29 Å². The standard InChI is InChI=1S/CIO.W/c2-1-3;/q-1;. The van der Waals surface area contributed by atoms with Crippen molar-refractivity contribution in [2.75, 3.05) is 0 Å². The fourth-order valence-electron chi connectivity index (χ4n) is 0. The van der Waals surface area contributed by atoms with E-state index in [0.717, 1.165) is 0 Å². The molecule has 0 bridgehead atoms. The van der Waals surface area contributed by atoms with Crippen LogP contribution in [0.5, 0.6) is 0 Å². The van der Waals surface area contributed by atoms with E-state index in [1.165, 1.54) is 26.9 Å². The third-order valence-electron chi connectivity index (χ3n) is 0. The van der Waals surface area contributed by atoms with E-state index in [0.29, 0.717) is 0 Å². The number of rotatable bonds is 0. The zero-order valence-electron chi connectivity index (χ0n) is 1.69. The molecule has 0 aromatic carbocycles. The second kappa shape index (κ2) is 8.94. The third kappa shape index (κ3) is 11.4. The van der Waals surface area contributed by atoms with Gasteiger partial charge in [0.05, 0.1) is 0 Å². The van der Waals surface area contributed by atoms with Crippen LogP contribution < -0.4 is 0 Å². The van der Waals surface area contributed by atoms with E-state index in [-0.39, 0.29) is 21.1 Å². The van der Waals surface area contributed by atoms with Crippen molar-refractivity contribution in [2.45, 2.75) is 0 Å². The van der Waals surface area contributed by atoms with E-state index in [4.69, 9.17) is 4.79 Å². The van der Waals surface area contributed by atoms with Gasteiger partial charge in [-0.1, -0.05) is 0 Å². The Balaban J connectivity index is 0. The summed E-state index contributed by atoms with van der Waals surface area (Å²) >= 11 is 1.48. The van der Waals surface area contributed by atoms with Crippen LogP contribution >= 0.6 is 22.6 Å². The topological polar surface area (TPSA) is 17.1 Å².